The van der Waals surface area contributed by atoms with Gasteiger partial charge in [-0.3, -0.25) is 9.78 Å². The van der Waals surface area contributed by atoms with Crippen molar-refractivity contribution in [3.63, 3.8) is 0 Å². The van der Waals surface area contributed by atoms with Gasteiger partial charge >= 0.3 is 0 Å². The molecule has 0 saturated heterocycles. The Labute approximate surface area is 145 Å². The number of benzene rings is 2. The van der Waals surface area contributed by atoms with Crippen LogP contribution in [-0.2, 0) is 6.42 Å². The highest BCUT2D eigenvalue weighted by atomic mass is 19.1. The van der Waals surface area contributed by atoms with Crippen molar-refractivity contribution < 1.29 is 9.18 Å². The van der Waals surface area contributed by atoms with Crippen molar-refractivity contribution in [2.45, 2.75) is 6.42 Å². The van der Waals surface area contributed by atoms with Gasteiger partial charge in [-0.05, 0) is 60.5 Å². The number of nitrogens with one attached hydrogen (secondary N) is 2. The second-order valence-corrected chi connectivity index (χ2v) is 5.58. The van der Waals surface area contributed by atoms with E-state index in [4.69, 9.17) is 0 Å². The molecule has 4 nitrogen and oxygen atoms in total. The van der Waals surface area contributed by atoms with Gasteiger partial charge in [0.05, 0.1) is 5.56 Å². The second kappa shape index (κ2) is 8.06. The Hall–Kier alpha value is -3.21. The number of halogens is 1. The molecule has 1 heterocycles. The van der Waals surface area contributed by atoms with Crippen LogP contribution in [0.2, 0.25) is 0 Å². The Balaban J connectivity index is 1.50. The van der Waals surface area contributed by atoms with Crippen molar-refractivity contribution >= 4 is 17.3 Å². The summed E-state index contributed by atoms with van der Waals surface area (Å²) >= 11 is 0. The first-order chi connectivity index (χ1) is 12.2. The van der Waals surface area contributed by atoms with Crippen molar-refractivity contribution in [1.29, 1.82) is 0 Å². The smallest absolute Gasteiger partial charge is 0.257 e. The van der Waals surface area contributed by atoms with Crippen molar-refractivity contribution in [1.82, 2.24) is 4.98 Å². The fourth-order valence-electron chi connectivity index (χ4n) is 2.37. The molecule has 0 aliphatic heterocycles. The molecule has 0 saturated carbocycles. The van der Waals surface area contributed by atoms with E-state index in [0.717, 1.165) is 29.9 Å². The zero-order valence-corrected chi connectivity index (χ0v) is 13.6. The summed E-state index contributed by atoms with van der Waals surface area (Å²) < 4.78 is 12.9. The van der Waals surface area contributed by atoms with E-state index >= 15 is 0 Å². The van der Waals surface area contributed by atoms with Gasteiger partial charge in [-0.25, -0.2) is 4.39 Å². The number of aromatic nitrogens is 1. The third-order valence-electron chi connectivity index (χ3n) is 3.72. The largest absolute Gasteiger partial charge is 0.385 e. The van der Waals surface area contributed by atoms with Crippen LogP contribution in [0.15, 0.2) is 73.1 Å². The highest BCUT2D eigenvalue weighted by Gasteiger charge is 2.05. The molecular formula is C20H18FN3O. The third kappa shape index (κ3) is 4.88. The molecule has 0 fully saturated rings. The lowest BCUT2D eigenvalue weighted by molar-refractivity contribution is 0.102. The van der Waals surface area contributed by atoms with Crippen LogP contribution in [0.4, 0.5) is 15.8 Å². The Morgan fingerprint density at radius 2 is 1.68 bits per heavy atom. The zero-order chi connectivity index (χ0) is 17.5. The lowest BCUT2D eigenvalue weighted by Gasteiger charge is -2.09. The fraction of sp³-hybridized carbons (Fsp3) is 0.100. The number of rotatable bonds is 6. The summed E-state index contributed by atoms with van der Waals surface area (Å²) in [6.45, 7) is 0.743. The number of nitrogens with zero attached hydrogens (tertiary/aromatic N) is 1. The average Bonchev–Trinajstić information content (AvgIpc) is 2.65. The van der Waals surface area contributed by atoms with Gasteiger partial charge in [0.15, 0.2) is 0 Å². The van der Waals surface area contributed by atoms with Gasteiger partial charge < -0.3 is 10.6 Å². The lowest BCUT2D eigenvalue weighted by atomic mass is 10.1. The molecule has 126 valence electrons. The van der Waals surface area contributed by atoms with E-state index in [1.807, 2.05) is 24.3 Å². The molecule has 1 amide bonds. The quantitative estimate of drug-likeness (QED) is 0.712. The lowest BCUT2D eigenvalue weighted by Crippen LogP contribution is -2.12. The van der Waals surface area contributed by atoms with Crippen LogP contribution in [0.3, 0.4) is 0 Å². The maximum absolute atomic E-state index is 12.9. The number of hydrogen-bond donors (Lipinski definition) is 2. The van der Waals surface area contributed by atoms with E-state index in [0.29, 0.717) is 5.56 Å². The summed E-state index contributed by atoms with van der Waals surface area (Å²) in [5.74, 6) is -0.411. The van der Waals surface area contributed by atoms with Crippen molar-refractivity contribution in [2.75, 3.05) is 17.2 Å². The number of anilines is 2. The predicted molar refractivity (Wildman–Crippen MR) is 97.2 cm³/mol. The SMILES string of the molecule is O=C(Nc1ccc(NCCc2ccc(F)cc2)cc1)c1cccnc1. The van der Waals surface area contributed by atoms with Gasteiger partial charge in [0.2, 0.25) is 0 Å². The molecule has 0 radical (unpaired) electrons. The van der Waals surface area contributed by atoms with Crippen LogP contribution >= 0.6 is 0 Å². The van der Waals surface area contributed by atoms with Gasteiger partial charge in [-0.2, -0.15) is 0 Å². The summed E-state index contributed by atoms with van der Waals surface area (Å²) in [6, 6.07) is 17.4. The third-order valence-corrected chi connectivity index (χ3v) is 3.72. The van der Waals surface area contributed by atoms with E-state index in [1.165, 1.54) is 18.3 Å². The summed E-state index contributed by atoms with van der Waals surface area (Å²) in [5.41, 5.74) is 3.28. The maximum Gasteiger partial charge on any atom is 0.257 e. The molecule has 0 atom stereocenters. The fourth-order valence-corrected chi connectivity index (χ4v) is 2.37. The average molecular weight is 335 g/mol. The van der Waals surface area contributed by atoms with Gasteiger partial charge in [-0.1, -0.05) is 12.1 Å². The number of carbonyl (C=O) groups is 1. The van der Waals surface area contributed by atoms with Gasteiger partial charge in [0.25, 0.3) is 5.91 Å². The monoisotopic (exact) mass is 335 g/mol. The number of hydrogen-bond acceptors (Lipinski definition) is 3. The first kappa shape index (κ1) is 16.6. The van der Waals surface area contributed by atoms with Gasteiger partial charge in [0.1, 0.15) is 5.82 Å². The number of carbonyl (C=O) groups excluding carboxylic acids is 1. The van der Waals surface area contributed by atoms with E-state index in [1.54, 1.807) is 30.5 Å². The molecule has 2 aromatic carbocycles. The highest BCUT2D eigenvalue weighted by molar-refractivity contribution is 6.04. The molecule has 2 N–H and O–H groups in total. The number of pyridine rings is 1. The topological polar surface area (TPSA) is 54.0 Å². The first-order valence-electron chi connectivity index (χ1n) is 8.00. The van der Waals surface area contributed by atoms with Crippen LogP contribution < -0.4 is 10.6 Å². The van der Waals surface area contributed by atoms with Crippen LogP contribution in [0.1, 0.15) is 15.9 Å². The van der Waals surface area contributed by atoms with E-state index in [-0.39, 0.29) is 11.7 Å². The molecule has 0 aliphatic carbocycles. The van der Waals surface area contributed by atoms with Crippen LogP contribution in [0.25, 0.3) is 0 Å². The summed E-state index contributed by atoms with van der Waals surface area (Å²) in [6.07, 6.45) is 3.96. The summed E-state index contributed by atoms with van der Waals surface area (Å²) in [5, 5.41) is 6.13. The standard InChI is InChI=1S/C20H18FN3O/c21-17-5-3-15(4-6-17)11-13-23-18-7-9-19(10-8-18)24-20(25)16-2-1-12-22-14-16/h1-10,12,14,23H,11,13H2,(H,24,25). The first-order valence-corrected chi connectivity index (χ1v) is 8.00. The molecule has 3 aromatic rings. The van der Waals surface area contributed by atoms with Crippen LogP contribution in [-0.4, -0.2) is 17.4 Å². The highest BCUT2D eigenvalue weighted by Crippen LogP contribution is 2.15. The van der Waals surface area contributed by atoms with Crippen molar-refractivity contribution in [3.05, 3.63) is 90.0 Å². The molecule has 0 bridgehead atoms. The molecule has 25 heavy (non-hydrogen) atoms. The Bertz CT molecular complexity index is 818. The molecule has 1 aromatic heterocycles. The number of amides is 1. The summed E-state index contributed by atoms with van der Waals surface area (Å²) in [7, 11) is 0. The molecule has 0 spiro atoms. The van der Waals surface area contributed by atoms with Crippen molar-refractivity contribution in [2.24, 2.45) is 0 Å². The molecule has 0 aliphatic rings. The van der Waals surface area contributed by atoms with Crippen LogP contribution in [0.5, 0.6) is 0 Å². The van der Waals surface area contributed by atoms with E-state index < -0.39 is 0 Å². The van der Waals surface area contributed by atoms with E-state index in [9.17, 15) is 9.18 Å². The van der Waals surface area contributed by atoms with Crippen molar-refractivity contribution in [3.8, 4) is 0 Å². The maximum atomic E-state index is 12.9. The molecule has 3 rings (SSSR count). The predicted octanol–water partition coefficient (Wildman–Crippen LogP) is 4.13. The zero-order valence-electron chi connectivity index (χ0n) is 13.6. The Morgan fingerprint density at radius 1 is 0.960 bits per heavy atom. The minimum absolute atomic E-state index is 0.190. The minimum atomic E-state index is -0.222. The summed E-state index contributed by atoms with van der Waals surface area (Å²) in [4.78, 5) is 16.0. The Morgan fingerprint density at radius 3 is 2.36 bits per heavy atom. The molecule has 0 unspecified atom stereocenters. The van der Waals surface area contributed by atoms with E-state index in [2.05, 4.69) is 15.6 Å². The molecule has 5 heteroatoms. The normalized spacial score (nSPS) is 10.3. The minimum Gasteiger partial charge on any atom is -0.385 e. The second-order valence-electron chi connectivity index (χ2n) is 5.58. The Kier molecular flexibility index (Phi) is 5.36. The van der Waals surface area contributed by atoms with Gasteiger partial charge in [0, 0.05) is 30.3 Å². The van der Waals surface area contributed by atoms with Crippen LogP contribution in [0, 0.1) is 5.82 Å². The molecular weight excluding hydrogens is 317 g/mol. The van der Waals surface area contributed by atoms with Gasteiger partial charge in [-0.15, -0.1) is 0 Å².